The highest BCUT2D eigenvalue weighted by atomic mass is 32.2. The van der Waals surface area contributed by atoms with E-state index in [1.807, 2.05) is 25.9 Å². The summed E-state index contributed by atoms with van der Waals surface area (Å²) >= 11 is 0. The lowest BCUT2D eigenvalue weighted by Crippen LogP contribution is -2.41. The molecule has 0 aliphatic heterocycles. The van der Waals surface area contributed by atoms with Crippen LogP contribution < -0.4 is 8.87 Å². The minimum atomic E-state index is -3.50. The first-order valence-corrected chi connectivity index (χ1v) is 7.36. The Morgan fingerprint density at radius 2 is 1.47 bits per heavy atom. The zero-order chi connectivity index (χ0) is 14.0. The van der Waals surface area contributed by atoms with Gasteiger partial charge < -0.3 is 4.90 Å². The lowest BCUT2D eigenvalue weighted by atomic mass is 10.2. The highest BCUT2D eigenvalue weighted by molar-refractivity contribution is 7.85. The molecule has 0 bridgehead atoms. The molecule has 0 unspecified atom stereocenters. The van der Waals surface area contributed by atoms with E-state index in [4.69, 9.17) is 0 Å². The summed E-state index contributed by atoms with van der Waals surface area (Å²) in [5.41, 5.74) is 1.99. The number of aryl methyl sites for hydroxylation is 1. The fraction of sp³-hybridized carbons (Fsp3) is 0.214. The van der Waals surface area contributed by atoms with Crippen LogP contribution in [0.5, 0.6) is 0 Å². The zero-order valence-electron chi connectivity index (χ0n) is 11.2. The number of anilines is 1. The third-order valence-corrected chi connectivity index (χ3v) is 4.56. The second kappa shape index (κ2) is 5.01. The largest absolute Gasteiger partial charge is 0.399 e. The number of nitrogens with zero attached hydrogens (tertiary/aromatic N) is 2. The van der Waals surface area contributed by atoms with Gasteiger partial charge in [-0.2, -0.15) is 8.42 Å². The molecule has 0 N–H and O–H groups in total. The Balaban J connectivity index is 2.42. The maximum atomic E-state index is 12.4. The van der Waals surface area contributed by atoms with E-state index >= 15 is 0 Å². The first kappa shape index (κ1) is 13.5. The molecule has 5 heteroatoms. The number of pyridine rings is 1. The van der Waals surface area contributed by atoms with Gasteiger partial charge >= 0.3 is 10.0 Å². The fourth-order valence-corrected chi connectivity index (χ4v) is 2.86. The molecule has 0 spiro atoms. The van der Waals surface area contributed by atoms with Gasteiger partial charge in [0.25, 0.3) is 0 Å². The minimum Gasteiger partial charge on any atom is -0.377 e. The van der Waals surface area contributed by atoms with Gasteiger partial charge in [0.15, 0.2) is 12.4 Å². The highest BCUT2D eigenvalue weighted by Crippen LogP contribution is 2.11. The normalized spacial score (nSPS) is 11.3. The van der Waals surface area contributed by atoms with Gasteiger partial charge in [0.2, 0.25) is 0 Å². The highest BCUT2D eigenvalue weighted by Gasteiger charge is 2.24. The van der Waals surface area contributed by atoms with E-state index in [0.717, 1.165) is 11.3 Å². The Kier molecular flexibility index (Phi) is 3.57. The van der Waals surface area contributed by atoms with Crippen molar-refractivity contribution in [3.8, 4) is 0 Å². The summed E-state index contributed by atoms with van der Waals surface area (Å²) in [4.78, 5) is 2.21. The molecule has 1 aromatic heterocycles. The van der Waals surface area contributed by atoms with Crippen molar-refractivity contribution in [1.29, 1.82) is 0 Å². The van der Waals surface area contributed by atoms with Crippen molar-refractivity contribution in [1.82, 2.24) is 0 Å². The Hall–Kier alpha value is -1.88. The van der Waals surface area contributed by atoms with Crippen LogP contribution in [0.1, 0.15) is 5.56 Å². The summed E-state index contributed by atoms with van der Waals surface area (Å²) in [5.74, 6) is 0. The van der Waals surface area contributed by atoms with Crippen molar-refractivity contribution in [2.24, 2.45) is 0 Å². The van der Waals surface area contributed by atoms with Crippen molar-refractivity contribution in [3.63, 3.8) is 0 Å². The molecule has 0 aliphatic carbocycles. The molecule has 1 aromatic carbocycles. The van der Waals surface area contributed by atoms with E-state index < -0.39 is 10.0 Å². The predicted octanol–water partition coefficient (Wildman–Crippen LogP) is 1.59. The van der Waals surface area contributed by atoms with Gasteiger partial charge in [-0.15, -0.1) is 0 Å². The quantitative estimate of drug-likeness (QED) is 0.800. The van der Waals surface area contributed by atoms with Crippen molar-refractivity contribution in [3.05, 3.63) is 54.4 Å². The Morgan fingerprint density at radius 1 is 0.947 bits per heavy atom. The first-order chi connectivity index (χ1) is 8.91. The molecular formula is C14H17N2O2S+. The molecule has 0 fully saturated rings. The maximum absolute atomic E-state index is 12.4. The van der Waals surface area contributed by atoms with Crippen LogP contribution >= 0.6 is 0 Å². The van der Waals surface area contributed by atoms with Gasteiger partial charge in [0.1, 0.15) is 4.90 Å². The lowest BCUT2D eigenvalue weighted by molar-refractivity contribution is -0.511. The molecule has 2 aromatic rings. The molecular weight excluding hydrogens is 260 g/mol. The SMILES string of the molecule is Cc1ccc(S(=O)(=O)[n+]2ccc(N(C)C)cc2)cc1. The summed E-state index contributed by atoms with van der Waals surface area (Å²) in [6, 6.07) is 10.4. The van der Waals surface area contributed by atoms with Crippen LogP contribution in [0, 0.1) is 6.92 Å². The van der Waals surface area contributed by atoms with Gasteiger partial charge in [-0.05, 0) is 19.1 Å². The second-order valence-electron chi connectivity index (χ2n) is 4.60. The second-order valence-corrected chi connectivity index (χ2v) is 6.44. The molecule has 2 rings (SSSR count). The molecule has 0 atom stereocenters. The maximum Gasteiger partial charge on any atom is 0.399 e. The standard InChI is InChI=1S/C14H17N2O2S/c1-12-4-6-14(7-5-12)19(17,18)16-10-8-13(9-11-16)15(2)3/h4-11H,1-3H3/q+1. The molecule has 0 radical (unpaired) electrons. The smallest absolute Gasteiger partial charge is 0.377 e. The van der Waals surface area contributed by atoms with Gasteiger partial charge in [0.05, 0.1) is 0 Å². The zero-order valence-corrected chi connectivity index (χ0v) is 12.1. The number of benzene rings is 1. The van der Waals surface area contributed by atoms with Crippen LogP contribution in [0.2, 0.25) is 0 Å². The summed E-state index contributed by atoms with van der Waals surface area (Å²) in [7, 11) is 0.322. The van der Waals surface area contributed by atoms with Gasteiger partial charge in [-0.3, -0.25) is 0 Å². The van der Waals surface area contributed by atoms with E-state index in [0.29, 0.717) is 4.90 Å². The molecule has 4 nitrogen and oxygen atoms in total. The average molecular weight is 277 g/mol. The summed E-state index contributed by atoms with van der Waals surface area (Å²) in [6.07, 6.45) is 3.12. The van der Waals surface area contributed by atoms with Crippen LogP contribution in [0.3, 0.4) is 0 Å². The van der Waals surface area contributed by atoms with Crippen molar-refractivity contribution in [2.75, 3.05) is 19.0 Å². The summed E-state index contributed by atoms with van der Waals surface area (Å²) < 4.78 is 26.0. The van der Waals surface area contributed by atoms with E-state index in [9.17, 15) is 8.42 Å². The predicted molar refractivity (Wildman–Crippen MR) is 74.7 cm³/mol. The van der Waals surface area contributed by atoms with E-state index in [1.54, 1.807) is 48.8 Å². The summed E-state index contributed by atoms with van der Waals surface area (Å²) in [6.45, 7) is 1.93. The van der Waals surface area contributed by atoms with Crippen LogP contribution in [0.15, 0.2) is 53.7 Å². The third kappa shape index (κ3) is 2.76. The molecule has 0 saturated heterocycles. The molecule has 100 valence electrons. The first-order valence-electron chi connectivity index (χ1n) is 5.92. The lowest BCUT2D eigenvalue weighted by Gasteiger charge is -2.10. The van der Waals surface area contributed by atoms with Gasteiger partial charge in [0, 0.05) is 31.9 Å². The van der Waals surface area contributed by atoms with Crippen LogP contribution in [-0.2, 0) is 10.0 Å². The molecule has 1 heterocycles. The molecule has 19 heavy (non-hydrogen) atoms. The Morgan fingerprint density at radius 3 is 1.95 bits per heavy atom. The van der Waals surface area contributed by atoms with Crippen LogP contribution in [0.25, 0.3) is 0 Å². The van der Waals surface area contributed by atoms with Crippen molar-refractivity contribution >= 4 is 15.7 Å². The van der Waals surface area contributed by atoms with Crippen LogP contribution in [-0.4, -0.2) is 22.5 Å². The molecule has 0 amide bonds. The van der Waals surface area contributed by atoms with E-state index in [2.05, 4.69) is 0 Å². The van der Waals surface area contributed by atoms with Gasteiger partial charge in [-0.1, -0.05) is 21.7 Å². The van der Waals surface area contributed by atoms with E-state index in [1.165, 1.54) is 3.97 Å². The van der Waals surface area contributed by atoms with Gasteiger partial charge in [-0.25, -0.2) is 0 Å². The van der Waals surface area contributed by atoms with Crippen LogP contribution in [0.4, 0.5) is 5.69 Å². The number of hydrogen-bond donors (Lipinski definition) is 0. The third-order valence-electron chi connectivity index (χ3n) is 2.90. The number of rotatable bonds is 3. The average Bonchev–Trinajstić information content (AvgIpc) is 2.39. The number of aromatic nitrogens is 1. The van der Waals surface area contributed by atoms with Crippen molar-refractivity contribution in [2.45, 2.75) is 11.8 Å². The summed E-state index contributed by atoms with van der Waals surface area (Å²) in [5, 5.41) is 0. The Bertz CT molecular complexity index is 660. The monoisotopic (exact) mass is 277 g/mol. The molecule has 0 saturated carbocycles. The number of hydrogen-bond acceptors (Lipinski definition) is 3. The van der Waals surface area contributed by atoms with E-state index in [-0.39, 0.29) is 0 Å². The minimum absolute atomic E-state index is 0.292. The fourth-order valence-electron chi connectivity index (χ4n) is 1.70. The van der Waals surface area contributed by atoms with Crippen molar-refractivity contribution < 1.29 is 12.4 Å². The Labute approximate surface area is 114 Å². The topological polar surface area (TPSA) is 41.3 Å². The molecule has 0 aliphatic rings.